The third-order valence-corrected chi connectivity index (χ3v) is 3.57. The zero-order valence-corrected chi connectivity index (χ0v) is 13.5. The van der Waals surface area contributed by atoms with Crippen LogP contribution in [0.25, 0.3) is 0 Å². The third kappa shape index (κ3) is 3.07. The average Bonchev–Trinajstić information content (AvgIpc) is 2.50. The van der Waals surface area contributed by atoms with Crippen molar-refractivity contribution in [2.75, 3.05) is 7.11 Å². The Morgan fingerprint density at radius 1 is 1.04 bits per heavy atom. The summed E-state index contributed by atoms with van der Waals surface area (Å²) in [6.45, 7) is 2.70. The second-order valence-electron chi connectivity index (χ2n) is 5.26. The van der Waals surface area contributed by atoms with Crippen molar-refractivity contribution in [3.63, 3.8) is 0 Å². The van der Waals surface area contributed by atoms with Crippen molar-refractivity contribution in [3.05, 3.63) is 40.5 Å². The van der Waals surface area contributed by atoms with Crippen LogP contribution in [0.2, 0.25) is 0 Å². The quantitative estimate of drug-likeness (QED) is 0.635. The number of aryl methyl sites for hydroxylation is 1. The number of aliphatic hydroxyl groups is 1. The molecular formula is C17H18O7. The van der Waals surface area contributed by atoms with Gasteiger partial charge in [0.15, 0.2) is 11.5 Å². The average molecular weight is 334 g/mol. The fraction of sp³-hybridized carbons (Fsp3) is 0.235. The van der Waals surface area contributed by atoms with Crippen LogP contribution in [0.15, 0.2) is 18.2 Å². The molecular weight excluding hydrogens is 316 g/mol. The van der Waals surface area contributed by atoms with E-state index in [-0.39, 0.29) is 33.9 Å². The Morgan fingerprint density at radius 3 is 2.29 bits per heavy atom. The lowest BCUT2D eigenvalue weighted by atomic mass is 10.1. The second kappa shape index (κ2) is 6.67. The maximum absolute atomic E-state index is 11.8. The number of benzene rings is 2. The van der Waals surface area contributed by atoms with Gasteiger partial charge in [-0.1, -0.05) is 0 Å². The monoisotopic (exact) mass is 334 g/mol. The van der Waals surface area contributed by atoms with E-state index in [4.69, 9.17) is 4.74 Å². The summed E-state index contributed by atoms with van der Waals surface area (Å²) >= 11 is 0. The molecule has 2 aromatic rings. The minimum atomic E-state index is -0.788. The van der Waals surface area contributed by atoms with Crippen LogP contribution in [0.3, 0.4) is 0 Å². The van der Waals surface area contributed by atoms with Crippen molar-refractivity contribution in [2.45, 2.75) is 20.5 Å². The normalized spacial score (nSPS) is 10.5. The zero-order chi connectivity index (χ0) is 18.0. The lowest BCUT2D eigenvalue weighted by Crippen LogP contribution is -2.06. The summed E-state index contributed by atoms with van der Waals surface area (Å²) in [4.78, 5) is 11.8. The first-order valence-electron chi connectivity index (χ1n) is 7.05. The van der Waals surface area contributed by atoms with Crippen molar-refractivity contribution in [2.24, 2.45) is 0 Å². The molecule has 0 bridgehead atoms. The molecule has 0 aromatic heterocycles. The minimum Gasteiger partial charge on any atom is -0.507 e. The number of hydrogen-bond acceptors (Lipinski definition) is 7. The predicted octanol–water partition coefficient (Wildman–Crippen LogP) is 2.49. The van der Waals surface area contributed by atoms with Gasteiger partial charge in [0.25, 0.3) is 0 Å². The van der Waals surface area contributed by atoms with Gasteiger partial charge in [-0.2, -0.15) is 0 Å². The van der Waals surface area contributed by atoms with E-state index in [1.807, 2.05) is 0 Å². The summed E-state index contributed by atoms with van der Waals surface area (Å²) in [5, 5.41) is 39.2. The van der Waals surface area contributed by atoms with Crippen molar-refractivity contribution in [1.29, 1.82) is 0 Å². The Bertz CT molecular complexity index is 796. The Hall–Kier alpha value is -2.93. The first kappa shape index (κ1) is 17.4. The largest absolute Gasteiger partial charge is 0.507 e. The highest BCUT2D eigenvalue weighted by Gasteiger charge is 2.23. The highest BCUT2D eigenvalue weighted by Crippen LogP contribution is 2.42. The number of hydrogen-bond donors (Lipinski definition) is 4. The van der Waals surface area contributed by atoms with Crippen LogP contribution in [0, 0.1) is 13.8 Å². The van der Waals surface area contributed by atoms with Crippen LogP contribution in [0.5, 0.6) is 28.7 Å². The summed E-state index contributed by atoms with van der Waals surface area (Å²) in [5.74, 6) is -1.76. The molecule has 0 spiro atoms. The number of aromatic hydroxyl groups is 3. The molecule has 0 amide bonds. The van der Waals surface area contributed by atoms with Crippen molar-refractivity contribution in [1.82, 2.24) is 0 Å². The SMILES string of the molecule is COC(=O)c1c(O)cc(O)c(Oc2cc(C)cc(O)c2CO)c1C. The van der Waals surface area contributed by atoms with Gasteiger partial charge in [-0.05, 0) is 31.5 Å². The van der Waals surface area contributed by atoms with Gasteiger partial charge in [-0.3, -0.25) is 0 Å². The van der Waals surface area contributed by atoms with Crippen LogP contribution in [0.1, 0.15) is 27.0 Å². The minimum absolute atomic E-state index is 0.0899. The van der Waals surface area contributed by atoms with E-state index in [0.29, 0.717) is 5.56 Å². The number of aliphatic hydroxyl groups excluding tert-OH is 1. The fourth-order valence-electron chi connectivity index (χ4n) is 2.38. The summed E-state index contributed by atoms with van der Waals surface area (Å²) in [5.41, 5.74) is 0.813. The van der Waals surface area contributed by atoms with Gasteiger partial charge in [-0.15, -0.1) is 0 Å². The predicted molar refractivity (Wildman–Crippen MR) is 84.7 cm³/mol. The van der Waals surface area contributed by atoms with Gasteiger partial charge in [0.05, 0.1) is 19.3 Å². The Kier molecular flexibility index (Phi) is 4.85. The van der Waals surface area contributed by atoms with Crippen LogP contribution in [-0.4, -0.2) is 33.5 Å². The van der Waals surface area contributed by atoms with Crippen LogP contribution >= 0.6 is 0 Å². The number of methoxy groups -OCH3 is 1. The Labute approximate surface area is 138 Å². The van der Waals surface area contributed by atoms with Gasteiger partial charge >= 0.3 is 5.97 Å². The first-order valence-corrected chi connectivity index (χ1v) is 7.05. The standard InChI is InChI=1S/C17H18O7/c1-8-4-11(19)10(7-18)14(5-8)24-16-9(2)15(17(22)23-3)12(20)6-13(16)21/h4-6,18-21H,7H2,1-3H3. The fourth-order valence-corrected chi connectivity index (χ4v) is 2.38. The highest BCUT2D eigenvalue weighted by atomic mass is 16.5. The molecule has 0 saturated carbocycles. The lowest BCUT2D eigenvalue weighted by Gasteiger charge is -2.17. The summed E-state index contributed by atoms with van der Waals surface area (Å²) in [7, 11) is 1.16. The number of phenolic OH excluding ortho intramolecular Hbond substituents is 2. The number of ether oxygens (including phenoxy) is 2. The van der Waals surface area contributed by atoms with E-state index in [9.17, 15) is 25.2 Å². The molecule has 128 valence electrons. The summed E-state index contributed by atoms with van der Waals surface area (Å²) < 4.78 is 10.2. The molecule has 7 nitrogen and oxygen atoms in total. The molecule has 24 heavy (non-hydrogen) atoms. The highest BCUT2D eigenvalue weighted by molar-refractivity contribution is 5.95. The van der Waals surface area contributed by atoms with Crippen LogP contribution in [0.4, 0.5) is 0 Å². The van der Waals surface area contributed by atoms with E-state index < -0.39 is 24.1 Å². The van der Waals surface area contributed by atoms with E-state index in [1.165, 1.54) is 13.0 Å². The van der Waals surface area contributed by atoms with Crippen molar-refractivity contribution < 1.29 is 34.7 Å². The van der Waals surface area contributed by atoms with Gasteiger partial charge in [0, 0.05) is 11.6 Å². The maximum Gasteiger partial charge on any atom is 0.342 e. The Balaban J connectivity index is 2.61. The molecule has 0 atom stereocenters. The maximum atomic E-state index is 11.8. The van der Waals surface area contributed by atoms with E-state index in [2.05, 4.69) is 4.74 Å². The first-order chi connectivity index (χ1) is 11.3. The summed E-state index contributed by atoms with van der Waals surface area (Å²) in [6, 6.07) is 3.99. The van der Waals surface area contributed by atoms with E-state index >= 15 is 0 Å². The lowest BCUT2D eigenvalue weighted by molar-refractivity contribution is 0.0596. The molecule has 0 aliphatic heterocycles. The molecule has 2 rings (SSSR count). The van der Waals surface area contributed by atoms with Crippen LogP contribution < -0.4 is 4.74 Å². The van der Waals surface area contributed by atoms with Crippen molar-refractivity contribution >= 4 is 5.97 Å². The summed E-state index contributed by atoms with van der Waals surface area (Å²) in [6.07, 6.45) is 0. The number of rotatable bonds is 4. The van der Waals surface area contributed by atoms with Crippen molar-refractivity contribution in [3.8, 4) is 28.7 Å². The topological polar surface area (TPSA) is 116 Å². The molecule has 2 aromatic carbocycles. The molecule has 0 saturated heterocycles. The molecule has 0 aliphatic rings. The zero-order valence-electron chi connectivity index (χ0n) is 13.5. The van der Waals surface area contributed by atoms with Crippen LogP contribution in [-0.2, 0) is 11.3 Å². The molecule has 4 N–H and O–H groups in total. The Morgan fingerprint density at radius 2 is 1.71 bits per heavy atom. The number of esters is 1. The van der Waals surface area contributed by atoms with E-state index in [0.717, 1.165) is 13.2 Å². The van der Waals surface area contributed by atoms with Gasteiger partial charge < -0.3 is 29.9 Å². The molecule has 0 aliphatic carbocycles. The molecule has 0 radical (unpaired) electrons. The second-order valence-corrected chi connectivity index (χ2v) is 5.26. The third-order valence-electron chi connectivity index (χ3n) is 3.57. The van der Waals surface area contributed by atoms with Gasteiger partial charge in [0.2, 0.25) is 0 Å². The number of carbonyl (C=O) groups is 1. The van der Waals surface area contributed by atoms with Gasteiger partial charge in [-0.25, -0.2) is 4.79 Å². The smallest absolute Gasteiger partial charge is 0.342 e. The molecule has 0 fully saturated rings. The number of carbonyl (C=O) groups excluding carboxylic acids is 1. The number of phenols is 3. The molecule has 7 heteroatoms. The molecule has 0 heterocycles. The van der Waals surface area contributed by atoms with E-state index in [1.54, 1.807) is 13.0 Å². The molecule has 0 unspecified atom stereocenters. The van der Waals surface area contributed by atoms with Gasteiger partial charge in [0.1, 0.15) is 22.8 Å².